The van der Waals surface area contributed by atoms with Crippen LogP contribution < -0.4 is 4.74 Å². The van der Waals surface area contributed by atoms with Gasteiger partial charge in [0.2, 0.25) is 0 Å². The molecule has 0 aliphatic carbocycles. The highest BCUT2D eigenvalue weighted by atomic mass is 19.1. The molecule has 0 bridgehead atoms. The first kappa shape index (κ1) is 15.7. The topological polar surface area (TPSA) is 89.5 Å². The van der Waals surface area contributed by atoms with E-state index in [4.69, 9.17) is 14.2 Å². The fraction of sp³-hybridized carbons (Fsp3) is 0.333. The first-order chi connectivity index (χ1) is 12.7. The Kier molecular flexibility index (Phi) is 3.63. The summed E-state index contributed by atoms with van der Waals surface area (Å²) in [4.78, 5) is 11.6. The third-order valence-corrected chi connectivity index (χ3v) is 4.70. The van der Waals surface area contributed by atoms with Crippen LogP contribution in [0.25, 0.3) is 22.4 Å². The van der Waals surface area contributed by atoms with Crippen molar-refractivity contribution in [1.29, 1.82) is 0 Å². The van der Waals surface area contributed by atoms with Gasteiger partial charge in [-0.15, -0.1) is 0 Å². The Morgan fingerprint density at radius 1 is 1.12 bits per heavy atom. The summed E-state index contributed by atoms with van der Waals surface area (Å²) in [7, 11) is 0. The van der Waals surface area contributed by atoms with Gasteiger partial charge in [0.1, 0.15) is 24.0 Å². The smallest absolute Gasteiger partial charge is 0.296 e. The zero-order valence-electron chi connectivity index (χ0n) is 13.6. The van der Waals surface area contributed by atoms with Gasteiger partial charge in [0.15, 0.2) is 17.6 Å². The zero-order chi connectivity index (χ0) is 17.7. The standard InChI is InChI=1S/C18H16FN3O4/c19-10-6-11-17(21-14(10)9-4-2-1-3-5-9)22-18(20-11)26-13-8-25-15-12(23)7-24-16(13)15/h1-6,12-13,15-16,23H,7-8H2,(H,20,21,22)/t12-,13-,15-,16-/m1/s1. The van der Waals surface area contributed by atoms with E-state index in [0.717, 1.165) is 0 Å². The maximum absolute atomic E-state index is 14.4. The van der Waals surface area contributed by atoms with Gasteiger partial charge < -0.3 is 24.3 Å². The predicted molar refractivity (Wildman–Crippen MR) is 89.2 cm³/mol. The van der Waals surface area contributed by atoms with E-state index in [-0.39, 0.29) is 30.5 Å². The Morgan fingerprint density at radius 2 is 1.92 bits per heavy atom. The van der Waals surface area contributed by atoms with Gasteiger partial charge in [0.05, 0.1) is 18.7 Å². The second-order valence-corrected chi connectivity index (χ2v) is 6.42. The van der Waals surface area contributed by atoms with Crippen LogP contribution in [0.1, 0.15) is 0 Å². The van der Waals surface area contributed by atoms with Crippen LogP contribution in [0.2, 0.25) is 0 Å². The second-order valence-electron chi connectivity index (χ2n) is 6.42. The minimum Gasteiger partial charge on any atom is -0.456 e. The van der Waals surface area contributed by atoms with Gasteiger partial charge in [-0.1, -0.05) is 30.3 Å². The van der Waals surface area contributed by atoms with Gasteiger partial charge >= 0.3 is 0 Å². The molecule has 0 amide bonds. The predicted octanol–water partition coefficient (Wildman–Crippen LogP) is 1.67. The van der Waals surface area contributed by atoms with Crippen LogP contribution in [-0.4, -0.2) is 57.7 Å². The Bertz CT molecular complexity index is 948. The molecule has 2 saturated heterocycles. The van der Waals surface area contributed by atoms with Crippen molar-refractivity contribution in [2.75, 3.05) is 13.2 Å². The molecule has 5 rings (SSSR count). The van der Waals surface area contributed by atoms with Crippen LogP contribution in [0, 0.1) is 5.82 Å². The van der Waals surface area contributed by atoms with Crippen molar-refractivity contribution in [2.45, 2.75) is 24.4 Å². The van der Waals surface area contributed by atoms with Crippen LogP contribution in [0.5, 0.6) is 6.01 Å². The molecule has 7 nitrogen and oxygen atoms in total. The van der Waals surface area contributed by atoms with Crippen molar-refractivity contribution in [3.05, 3.63) is 42.2 Å². The Labute approximate surface area is 147 Å². The van der Waals surface area contributed by atoms with E-state index in [1.165, 1.54) is 6.07 Å². The first-order valence-corrected chi connectivity index (χ1v) is 8.38. The number of hydrogen-bond acceptors (Lipinski definition) is 6. The highest BCUT2D eigenvalue weighted by Crippen LogP contribution is 2.30. The molecule has 2 N–H and O–H groups in total. The number of fused-ring (bicyclic) bond motifs is 2. The number of benzene rings is 1. The van der Waals surface area contributed by atoms with Gasteiger partial charge in [0.25, 0.3) is 6.01 Å². The van der Waals surface area contributed by atoms with Crippen molar-refractivity contribution < 1.29 is 23.7 Å². The first-order valence-electron chi connectivity index (χ1n) is 8.38. The molecule has 0 unspecified atom stereocenters. The Balaban J connectivity index is 1.43. The molecule has 4 atom stereocenters. The molecule has 1 aromatic carbocycles. The fourth-order valence-electron chi connectivity index (χ4n) is 3.44. The lowest BCUT2D eigenvalue weighted by molar-refractivity contribution is 0.00706. The number of halogens is 1. The van der Waals surface area contributed by atoms with Crippen LogP contribution in [0.15, 0.2) is 36.4 Å². The van der Waals surface area contributed by atoms with E-state index in [2.05, 4.69) is 15.0 Å². The van der Waals surface area contributed by atoms with Gasteiger partial charge in [-0.3, -0.25) is 0 Å². The van der Waals surface area contributed by atoms with E-state index < -0.39 is 18.0 Å². The number of aromatic nitrogens is 3. The quantitative estimate of drug-likeness (QED) is 0.741. The number of hydrogen-bond donors (Lipinski definition) is 2. The fourth-order valence-corrected chi connectivity index (χ4v) is 3.44. The average Bonchev–Trinajstić information content (AvgIpc) is 3.32. The summed E-state index contributed by atoms with van der Waals surface area (Å²) in [5.74, 6) is -0.439. The van der Waals surface area contributed by atoms with Crippen molar-refractivity contribution >= 4 is 11.2 Å². The van der Waals surface area contributed by atoms with E-state index in [1.807, 2.05) is 18.2 Å². The second kappa shape index (κ2) is 6.01. The molecule has 0 radical (unpaired) electrons. The third-order valence-electron chi connectivity index (χ3n) is 4.70. The largest absolute Gasteiger partial charge is 0.456 e. The normalized spacial score (nSPS) is 27.8. The van der Waals surface area contributed by atoms with Crippen molar-refractivity contribution in [2.24, 2.45) is 0 Å². The van der Waals surface area contributed by atoms with Gasteiger partial charge in [-0.05, 0) is 0 Å². The summed E-state index contributed by atoms with van der Waals surface area (Å²) in [6, 6.07) is 10.7. The number of aliphatic hydroxyl groups is 1. The van der Waals surface area contributed by atoms with Crippen LogP contribution in [-0.2, 0) is 9.47 Å². The number of nitrogens with zero attached hydrogens (tertiary/aromatic N) is 2. The number of aromatic amines is 1. The molecule has 8 heteroatoms. The molecule has 4 heterocycles. The summed E-state index contributed by atoms with van der Waals surface area (Å²) in [6.07, 6.45) is -1.77. The SMILES string of the molecule is O[C@@H]1CO[C@H]2[C@@H]1OC[C@H]2Oc1nc2nc(-c3ccccc3)c(F)cc2[nH]1. The summed E-state index contributed by atoms with van der Waals surface area (Å²) >= 11 is 0. The van der Waals surface area contributed by atoms with E-state index >= 15 is 0 Å². The number of rotatable bonds is 3. The average molecular weight is 357 g/mol. The molecular formula is C18H16FN3O4. The third kappa shape index (κ3) is 2.54. The molecule has 2 fully saturated rings. The molecule has 2 aromatic heterocycles. The van der Waals surface area contributed by atoms with Gasteiger partial charge in [-0.2, -0.15) is 4.98 Å². The van der Waals surface area contributed by atoms with Crippen LogP contribution >= 0.6 is 0 Å². The molecule has 134 valence electrons. The Morgan fingerprint density at radius 3 is 2.77 bits per heavy atom. The summed E-state index contributed by atoms with van der Waals surface area (Å²) < 4.78 is 31.3. The molecule has 2 aliphatic rings. The molecule has 3 aromatic rings. The maximum Gasteiger partial charge on any atom is 0.296 e. The summed E-state index contributed by atoms with van der Waals surface area (Å²) in [5.41, 5.74) is 1.73. The van der Waals surface area contributed by atoms with E-state index in [0.29, 0.717) is 23.3 Å². The van der Waals surface area contributed by atoms with Crippen molar-refractivity contribution in [1.82, 2.24) is 15.0 Å². The minimum absolute atomic E-state index is 0.219. The monoisotopic (exact) mass is 357 g/mol. The van der Waals surface area contributed by atoms with E-state index in [1.54, 1.807) is 12.1 Å². The number of imidazole rings is 1. The van der Waals surface area contributed by atoms with Crippen LogP contribution in [0.3, 0.4) is 0 Å². The highest BCUT2D eigenvalue weighted by Gasteiger charge is 2.48. The number of pyridine rings is 1. The van der Waals surface area contributed by atoms with Crippen LogP contribution in [0.4, 0.5) is 4.39 Å². The van der Waals surface area contributed by atoms with E-state index in [9.17, 15) is 9.50 Å². The van der Waals surface area contributed by atoms with Crippen molar-refractivity contribution in [3.8, 4) is 17.3 Å². The number of ether oxygens (including phenoxy) is 3. The zero-order valence-corrected chi connectivity index (χ0v) is 13.6. The number of H-pyrrole nitrogens is 1. The lowest BCUT2D eigenvalue weighted by Crippen LogP contribution is -2.34. The highest BCUT2D eigenvalue weighted by molar-refractivity contribution is 5.76. The minimum atomic E-state index is -0.645. The maximum atomic E-state index is 14.4. The lowest BCUT2D eigenvalue weighted by atomic mass is 10.1. The van der Waals surface area contributed by atoms with Gasteiger partial charge in [0, 0.05) is 11.6 Å². The van der Waals surface area contributed by atoms with Gasteiger partial charge in [-0.25, -0.2) is 9.37 Å². The molecule has 0 spiro atoms. The molecular weight excluding hydrogens is 341 g/mol. The summed E-state index contributed by atoms with van der Waals surface area (Å²) in [5, 5.41) is 9.79. The molecule has 26 heavy (non-hydrogen) atoms. The summed E-state index contributed by atoms with van der Waals surface area (Å²) in [6.45, 7) is 0.517. The molecule has 2 aliphatic heterocycles. The lowest BCUT2D eigenvalue weighted by Gasteiger charge is -2.15. The number of aliphatic hydroxyl groups excluding tert-OH is 1. The number of nitrogens with one attached hydrogen (secondary N) is 1. The Hall–Kier alpha value is -2.55. The molecule has 0 saturated carbocycles. The van der Waals surface area contributed by atoms with Crippen molar-refractivity contribution in [3.63, 3.8) is 0 Å².